The molecule has 0 aromatic carbocycles. The van der Waals surface area contributed by atoms with Gasteiger partial charge in [-0.1, -0.05) is 20.8 Å². The number of carbonyl (C=O) groups excluding carboxylic acids is 1. The fraction of sp³-hybridized carbons (Fsp3) is 0.882. The molecule has 2 atom stereocenters. The van der Waals surface area contributed by atoms with E-state index in [2.05, 4.69) is 33.9 Å². The number of nitrogens with zero attached hydrogens (tertiary/aromatic N) is 1. The van der Waals surface area contributed by atoms with Crippen molar-refractivity contribution in [2.24, 2.45) is 5.92 Å². The molecule has 0 fully saturated rings. The normalized spacial score (nSPS) is 15.6. The largest absolute Gasteiger partial charge is 0.481 e. The molecule has 1 N–H and O–H groups in total. The van der Waals surface area contributed by atoms with Crippen molar-refractivity contribution < 1.29 is 23.9 Å². The fourth-order valence-corrected chi connectivity index (χ4v) is 3.09. The Morgan fingerprint density at radius 2 is 1.58 bits per heavy atom. The van der Waals surface area contributed by atoms with Crippen molar-refractivity contribution in [3.05, 3.63) is 0 Å². The number of carbonyl (C=O) groups is 2. The topological polar surface area (TPSA) is 76.1 Å². The van der Waals surface area contributed by atoms with Crippen LogP contribution >= 0.6 is 0 Å². The van der Waals surface area contributed by atoms with Gasteiger partial charge in [-0.05, 0) is 45.8 Å². The molecule has 0 rings (SSSR count). The van der Waals surface area contributed by atoms with Crippen LogP contribution in [0.15, 0.2) is 0 Å². The summed E-state index contributed by atoms with van der Waals surface area (Å²) in [5, 5.41) is 9.34. The van der Waals surface area contributed by atoms with Crippen LogP contribution in [0.5, 0.6) is 0 Å². The fourth-order valence-electron chi connectivity index (χ4n) is 1.70. The Morgan fingerprint density at radius 1 is 1.12 bits per heavy atom. The second-order valence-corrected chi connectivity index (χ2v) is 13.7. The molecule has 6 nitrogen and oxygen atoms in total. The first-order valence-electron chi connectivity index (χ1n) is 8.32. The van der Waals surface area contributed by atoms with Gasteiger partial charge in [0, 0.05) is 13.6 Å². The highest BCUT2D eigenvalue weighted by Crippen LogP contribution is 2.38. The number of hydrogen-bond acceptors (Lipinski definition) is 4. The molecule has 0 spiro atoms. The minimum atomic E-state index is -2.17. The van der Waals surface area contributed by atoms with Gasteiger partial charge in [0.15, 0.2) is 8.32 Å². The zero-order valence-corrected chi connectivity index (χ0v) is 17.9. The third kappa shape index (κ3) is 7.21. The van der Waals surface area contributed by atoms with Gasteiger partial charge in [-0.3, -0.25) is 4.79 Å². The first-order valence-corrected chi connectivity index (χ1v) is 11.2. The van der Waals surface area contributed by atoms with E-state index >= 15 is 0 Å². The van der Waals surface area contributed by atoms with Gasteiger partial charge in [0.25, 0.3) is 0 Å². The van der Waals surface area contributed by atoms with Crippen LogP contribution in [0.3, 0.4) is 0 Å². The zero-order chi connectivity index (χ0) is 19.5. The van der Waals surface area contributed by atoms with E-state index in [0.29, 0.717) is 0 Å². The summed E-state index contributed by atoms with van der Waals surface area (Å²) in [7, 11) is -0.565. The van der Waals surface area contributed by atoms with Gasteiger partial charge in [-0.25, -0.2) is 4.79 Å². The molecular formula is C17H35NO5Si. The van der Waals surface area contributed by atoms with Gasteiger partial charge >= 0.3 is 12.1 Å². The molecule has 0 saturated heterocycles. The third-order valence-corrected chi connectivity index (χ3v) is 8.86. The highest BCUT2D eigenvalue weighted by molar-refractivity contribution is 6.74. The van der Waals surface area contributed by atoms with E-state index in [9.17, 15) is 14.7 Å². The Morgan fingerprint density at radius 3 is 1.92 bits per heavy atom. The van der Waals surface area contributed by atoms with Crippen LogP contribution in [-0.2, 0) is 14.0 Å². The van der Waals surface area contributed by atoms with Crippen molar-refractivity contribution in [2.75, 3.05) is 13.6 Å². The molecular weight excluding hydrogens is 326 g/mol. The van der Waals surface area contributed by atoms with Crippen LogP contribution in [-0.4, -0.2) is 55.7 Å². The molecule has 0 unspecified atom stereocenters. The van der Waals surface area contributed by atoms with Crippen LogP contribution in [0.4, 0.5) is 4.79 Å². The first kappa shape index (κ1) is 22.9. The van der Waals surface area contributed by atoms with Crippen LogP contribution in [0.25, 0.3) is 0 Å². The standard InChI is InChI=1S/C17H35NO5Si/c1-12(14(19)20)13(23-24(9,10)17(5,6)7)11-18(8)15(21)22-16(2,3)4/h12-13H,11H2,1-10H3,(H,19,20)/t12-,13-/m0/s1. The molecule has 142 valence electrons. The van der Waals surface area contributed by atoms with Crippen molar-refractivity contribution in [1.29, 1.82) is 0 Å². The Hall–Kier alpha value is -1.08. The van der Waals surface area contributed by atoms with E-state index < -0.39 is 38.0 Å². The summed E-state index contributed by atoms with van der Waals surface area (Å²) in [5.41, 5.74) is -0.598. The highest BCUT2D eigenvalue weighted by Gasteiger charge is 2.42. The number of likely N-dealkylation sites (N-methyl/N-ethyl adjacent to an activating group) is 1. The lowest BCUT2D eigenvalue weighted by Gasteiger charge is -2.41. The second kappa shape index (κ2) is 7.87. The van der Waals surface area contributed by atoms with Gasteiger partial charge in [-0.15, -0.1) is 0 Å². The molecule has 0 saturated carbocycles. The third-order valence-electron chi connectivity index (χ3n) is 4.36. The van der Waals surface area contributed by atoms with E-state index in [1.807, 2.05) is 0 Å². The molecule has 24 heavy (non-hydrogen) atoms. The minimum absolute atomic E-state index is 0.0477. The Labute approximate surface area is 147 Å². The van der Waals surface area contributed by atoms with Gasteiger partial charge in [0.1, 0.15) is 5.60 Å². The van der Waals surface area contributed by atoms with Crippen molar-refractivity contribution >= 4 is 20.4 Å². The summed E-state index contributed by atoms with van der Waals surface area (Å²) in [4.78, 5) is 25.0. The minimum Gasteiger partial charge on any atom is -0.481 e. The average molecular weight is 362 g/mol. The van der Waals surface area contributed by atoms with E-state index in [0.717, 1.165) is 0 Å². The van der Waals surface area contributed by atoms with E-state index in [4.69, 9.17) is 9.16 Å². The number of ether oxygens (including phenoxy) is 1. The van der Waals surface area contributed by atoms with Gasteiger partial charge in [-0.2, -0.15) is 0 Å². The SMILES string of the molecule is C[C@H](C(=O)O)[C@H](CN(C)C(=O)OC(C)(C)C)O[Si](C)(C)C(C)(C)C. The van der Waals surface area contributed by atoms with E-state index in [-0.39, 0.29) is 11.6 Å². The molecule has 7 heteroatoms. The molecule has 0 aliphatic heterocycles. The second-order valence-electron chi connectivity index (χ2n) is 8.90. The summed E-state index contributed by atoms with van der Waals surface area (Å²) in [6.45, 7) is 17.6. The summed E-state index contributed by atoms with van der Waals surface area (Å²) in [6, 6.07) is 0. The molecule has 0 aliphatic carbocycles. The molecule has 1 amide bonds. The molecule has 0 aliphatic rings. The maximum atomic E-state index is 12.2. The van der Waals surface area contributed by atoms with Crippen molar-refractivity contribution in [2.45, 2.75) is 78.3 Å². The predicted molar refractivity (Wildman–Crippen MR) is 97.7 cm³/mol. The number of rotatable bonds is 6. The van der Waals surface area contributed by atoms with Crippen LogP contribution < -0.4 is 0 Å². The van der Waals surface area contributed by atoms with Crippen molar-refractivity contribution in [3.63, 3.8) is 0 Å². The average Bonchev–Trinajstić information content (AvgIpc) is 2.32. The van der Waals surface area contributed by atoms with Crippen LogP contribution in [0.2, 0.25) is 18.1 Å². The predicted octanol–water partition coefficient (Wildman–Crippen LogP) is 3.96. The zero-order valence-electron chi connectivity index (χ0n) is 16.9. The quantitative estimate of drug-likeness (QED) is 0.725. The van der Waals surface area contributed by atoms with Gasteiger partial charge in [0.05, 0.1) is 12.0 Å². The monoisotopic (exact) mass is 361 g/mol. The van der Waals surface area contributed by atoms with Gasteiger partial charge in [0.2, 0.25) is 0 Å². The molecule has 0 heterocycles. The first-order chi connectivity index (χ1) is 10.5. The van der Waals surface area contributed by atoms with Crippen molar-refractivity contribution in [1.82, 2.24) is 4.90 Å². The lowest BCUT2D eigenvalue weighted by molar-refractivity contribution is -0.144. The highest BCUT2D eigenvalue weighted by atomic mass is 28.4. The molecule has 0 radical (unpaired) electrons. The molecule has 0 aromatic heterocycles. The smallest absolute Gasteiger partial charge is 0.410 e. The summed E-state index contributed by atoms with van der Waals surface area (Å²) >= 11 is 0. The number of amides is 1. The van der Waals surface area contributed by atoms with E-state index in [1.165, 1.54) is 4.90 Å². The van der Waals surface area contributed by atoms with Crippen LogP contribution in [0, 0.1) is 5.92 Å². The van der Waals surface area contributed by atoms with Gasteiger partial charge < -0.3 is 19.2 Å². The Bertz CT molecular complexity index is 451. The summed E-state index contributed by atoms with van der Waals surface area (Å²) in [5.74, 6) is -1.65. The van der Waals surface area contributed by atoms with E-state index in [1.54, 1.807) is 34.7 Å². The number of aliphatic carboxylic acids is 1. The Kier molecular flexibility index (Phi) is 7.51. The number of carboxylic acids is 1. The summed E-state index contributed by atoms with van der Waals surface area (Å²) < 4.78 is 11.6. The molecule has 0 aromatic rings. The summed E-state index contributed by atoms with van der Waals surface area (Å²) in [6.07, 6.45) is -1.06. The van der Waals surface area contributed by atoms with Crippen LogP contribution in [0.1, 0.15) is 48.5 Å². The lowest BCUT2D eigenvalue weighted by Crippen LogP contribution is -2.50. The van der Waals surface area contributed by atoms with Crippen molar-refractivity contribution in [3.8, 4) is 0 Å². The number of hydrogen-bond donors (Lipinski definition) is 1. The Balaban J connectivity index is 5.24. The maximum Gasteiger partial charge on any atom is 0.410 e. The number of carboxylic acid groups (broad SMARTS) is 1. The lowest BCUT2D eigenvalue weighted by atomic mass is 10.1. The maximum absolute atomic E-state index is 12.2. The molecule has 0 bridgehead atoms.